The Kier molecular flexibility index (Phi) is 6.18. The van der Waals surface area contributed by atoms with E-state index in [1.165, 1.54) is 25.7 Å². The second kappa shape index (κ2) is 8.13. The molecule has 1 atom stereocenters. The van der Waals surface area contributed by atoms with Gasteiger partial charge in [-0.05, 0) is 51.4 Å². The standard InChI is InChI=1S/C17H26N2O2/c1-3-21-17(20)12-16(15-9-8-14(2)18-13-15)19-10-6-4-5-7-11-19/h8-9,13,16H,3-7,10-12H2,1-2H3. The Labute approximate surface area is 127 Å². The van der Waals surface area contributed by atoms with Crippen LogP contribution in [-0.2, 0) is 9.53 Å². The molecule has 2 rings (SSSR count). The highest BCUT2D eigenvalue weighted by atomic mass is 16.5. The molecular formula is C17H26N2O2. The van der Waals surface area contributed by atoms with E-state index in [2.05, 4.69) is 16.0 Å². The number of hydrogen-bond donors (Lipinski definition) is 0. The van der Waals surface area contributed by atoms with Crippen LogP contribution in [0.5, 0.6) is 0 Å². The molecule has 2 heterocycles. The van der Waals surface area contributed by atoms with Crippen LogP contribution in [0.4, 0.5) is 0 Å². The zero-order valence-corrected chi connectivity index (χ0v) is 13.2. The number of pyridine rings is 1. The minimum atomic E-state index is -0.118. The first-order chi connectivity index (χ1) is 10.2. The smallest absolute Gasteiger partial charge is 0.307 e. The molecule has 4 nitrogen and oxygen atoms in total. The molecule has 0 saturated carbocycles. The fourth-order valence-electron chi connectivity index (χ4n) is 2.92. The fraction of sp³-hybridized carbons (Fsp3) is 0.647. The first kappa shape index (κ1) is 16.0. The highest BCUT2D eigenvalue weighted by Crippen LogP contribution is 2.27. The number of hydrogen-bond acceptors (Lipinski definition) is 4. The average molecular weight is 290 g/mol. The molecule has 1 aromatic heterocycles. The molecule has 0 radical (unpaired) electrons. The maximum absolute atomic E-state index is 12.0. The lowest BCUT2D eigenvalue weighted by Gasteiger charge is -2.30. The number of likely N-dealkylation sites (tertiary alicyclic amines) is 1. The summed E-state index contributed by atoms with van der Waals surface area (Å²) in [7, 11) is 0. The number of carbonyl (C=O) groups excluding carboxylic acids is 1. The first-order valence-corrected chi connectivity index (χ1v) is 8.03. The summed E-state index contributed by atoms with van der Waals surface area (Å²) in [5.41, 5.74) is 2.13. The monoisotopic (exact) mass is 290 g/mol. The summed E-state index contributed by atoms with van der Waals surface area (Å²) < 4.78 is 5.15. The van der Waals surface area contributed by atoms with E-state index in [0.717, 1.165) is 24.3 Å². The third-order valence-electron chi connectivity index (χ3n) is 4.07. The van der Waals surface area contributed by atoms with Gasteiger partial charge in [0.15, 0.2) is 0 Å². The largest absolute Gasteiger partial charge is 0.466 e. The van der Waals surface area contributed by atoms with Crippen LogP contribution in [0.25, 0.3) is 0 Å². The molecule has 0 aliphatic carbocycles. The van der Waals surface area contributed by atoms with Crippen molar-refractivity contribution in [2.24, 2.45) is 0 Å². The Bertz CT molecular complexity index is 437. The molecule has 0 aromatic carbocycles. The predicted molar refractivity (Wildman–Crippen MR) is 83.0 cm³/mol. The molecular weight excluding hydrogens is 264 g/mol. The van der Waals surface area contributed by atoms with Crippen molar-refractivity contribution < 1.29 is 9.53 Å². The second-order valence-electron chi connectivity index (χ2n) is 5.71. The molecule has 0 bridgehead atoms. The summed E-state index contributed by atoms with van der Waals surface area (Å²) in [6, 6.07) is 4.21. The molecule has 1 unspecified atom stereocenters. The van der Waals surface area contributed by atoms with Crippen molar-refractivity contribution in [2.45, 2.75) is 52.0 Å². The van der Waals surface area contributed by atoms with Gasteiger partial charge in [-0.15, -0.1) is 0 Å². The van der Waals surface area contributed by atoms with Crippen molar-refractivity contribution in [1.82, 2.24) is 9.88 Å². The number of rotatable bonds is 5. The van der Waals surface area contributed by atoms with Crippen LogP contribution in [0.15, 0.2) is 18.3 Å². The van der Waals surface area contributed by atoms with E-state index in [1.807, 2.05) is 26.1 Å². The number of aromatic nitrogens is 1. The number of nitrogens with zero attached hydrogens (tertiary/aromatic N) is 2. The van der Waals surface area contributed by atoms with E-state index in [4.69, 9.17) is 4.74 Å². The van der Waals surface area contributed by atoms with E-state index < -0.39 is 0 Å². The van der Waals surface area contributed by atoms with Gasteiger partial charge < -0.3 is 4.74 Å². The molecule has 0 spiro atoms. The highest BCUT2D eigenvalue weighted by molar-refractivity contribution is 5.70. The minimum Gasteiger partial charge on any atom is -0.466 e. The third kappa shape index (κ3) is 4.81. The van der Waals surface area contributed by atoms with Gasteiger partial charge >= 0.3 is 5.97 Å². The Morgan fingerprint density at radius 1 is 1.29 bits per heavy atom. The lowest BCUT2D eigenvalue weighted by atomic mass is 10.0. The Balaban J connectivity index is 2.15. The maximum atomic E-state index is 12.0. The molecule has 1 aromatic rings. The van der Waals surface area contributed by atoms with Crippen molar-refractivity contribution in [3.05, 3.63) is 29.6 Å². The first-order valence-electron chi connectivity index (χ1n) is 8.03. The lowest BCUT2D eigenvalue weighted by Crippen LogP contribution is -2.32. The van der Waals surface area contributed by atoms with Gasteiger partial charge in [0, 0.05) is 17.9 Å². The molecule has 4 heteroatoms. The maximum Gasteiger partial charge on any atom is 0.307 e. The van der Waals surface area contributed by atoms with Gasteiger partial charge in [0.2, 0.25) is 0 Å². The summed E-state index contributed by atoms with van der Waals surface area (Å²) in [6.07, 6.45) is 7.31. The van der Waals surface area contributed by atoms with E-state index in [9.17, 15) is 4.79 Å². The number of ether oxygens (including phenoxy) is 1. The zero-order chi connectivity index (χ0) is 15.1. The second-order valence-corrected chi connectivity index (χ2v) is 5.71. The molecule has 0 N–H and O–H groups in total. The van der Waals surface area contributed by atoms with Crippen molar-refractivity contribution in [2.75, 3.05) is 19.7 Å². The van der Waals surface area contributed by atoms with Gasteiger partial charge in [-0.1, -0.05) is 18.9 Å². The Hall–Kier alpha value is -1.42. The summed E-state index contributed by atoms with van der Waals surface area (Å²) in [4.78, 5) is 18.8. The van der Waals surface area contributed by atoms with Crippen molar-refractivity contribution in [3.63, 3.8) is 0 Å². The minimum absolute atomic E-state index is 0.0928. The van der Waals surface area contributed by atoms with Crippen LogP contribution in [0.3, 0.4) is 0 Å². The Morgan fingerprint density at radius 2 is 2.00 bits per heavy atom. The van der Waals surface area contributed by atoms with Crippen LogP contribution >= 0.6 is 0 Å². The van der Waals surface area contributed by atoms with Crippen LogP contribution < -0.4 is 0 Å². The number of esters is 1. The number of aryl methyl sites for hydroxylation is 1. The van der Waals surface area contributed by atoms with Crippen LogP contribution in [0.1, 0.15) is 56.3 Å². The van der Waals surface area contributed by atoms with Gasteiger partial charge in [-0.25, -0.2) is 0 Å². The highest BCUT2D eigenvalue weighted by Gasteiger charge is 2.24. The van der Waals surface area contributed by atoms with Gasteiger partial charge in [-0.3, -0.25) is 14.7 Å². The van der Waals surface area contributed by atoms with Gasteiger partial charge in [0.1, 0.15) is 0 Å². The lowest BCUT2D eigenvalue weighted by molar-refractivity contribution is -0.144. The molecule has 1 fully saturated rings. The summed E-state index contributed by atoms with van der Waals surface area (Å²) in [6.45, 7) is 6.38. The molecule has 1 aliphatic rings. The molecule has 21 heavy (non-hydrogen) atoms. The average Bonchev–Trinajstić information content (AvgIpc) is 2.75. The van der Waals surface area contributed by atoms with Crippen LogP contribution in [0.2, 0.25) is 0 Å². The van der Waals surface area contributed by atoms with E-state index in [0.29, 0.717) is 13.0 Å². The normalized spacial score (nSPS) is 18.0. The summed E-state index contributed by atoms with van der Waals surface area (Å²) in [5, 5.41) is 0. The van der Waals surface area contributed by atoms with E-state index >= 15 is 0 Å². The van der Waals surface area contributed by atoms with Gasteiger partial charge in [0.05, 0.1) is 13.0 Å². The molecule has 1 saturated heterocycles. The van der Waals surface area contributed by atoms with Crippen molar-refractivity contribution in [1.29, 1.82) is 0 Å². The zero-order valence-electron chi connectivity index (χ0n) is 13.2. The van der Waals surface area contributed by atoms with Gasteiger partial charge in [0.25, 0.3) is 0 Å². The summed E-state index contributed by atoms with van der Waals surface area (Å²) >= 11 is 0. The fourth-order valence-corrected chi connectivity index (χ4v) is 2.92. The van der Waals surface area contributed by atoms with Crippen molar-refractivity contribution in [3.8, 4) is 0 Å². The van der Waals surface area contributed by atoms with E-state index in [-0.39, 0.29) is 12.0 Å². The predicted octanol–water partition coefficient (Wildman–Crippen LogP) is 3.26. The molecule has 1 aliphatic heterocycles. The Morgan fingerprint density at radius 3 is 2.57 bits per heavy atom. The number of carbonyl (C=O) groups is 1. The molecule has 116 valence electrons. The third-order valence-corrected chi connectivity index (χ3v) is 4.07. The van der Waals surface area contributed by atoms with Crippen LogP contribution in [-0.4, -0.2) is 35.5 Å². The molecule has 0 amide bonds. The SMILES string of the molecule is CCOC(=O)CC(c1ccc(C)nc1)N1CCCCCC1. The van der Waals surface area contributed by atoms with Crippen LogP contribution in [0, 0.1) is 6.92 Å². The van der Waals surface area contributed by atoms with Gasteiger partial charge in [-0.2, -0.15) is 0 Å². The quantitative estimate of drug-likeness (QED) is 0.781. The van der Waals surface area contributed by atoms with E-state index in [1.54, 1.807) is 0 Å². The summed E-state index contributed by atoms with van der Waals surface area (Å²) in [5.74, 6) is -0.118. The van der Waals surface area contributed by atoms with Crippen molar-refractivity contribution >= 4 is 5.97 Å². The topological polar surface area (TPSA) is 42.4 Å².